The zero-order valence-electron chi connectivity index (χ0n) is 12.9. The van der Waals surface area contributed by atoms with Gasteiger partial charge in [-0.1, -0.05) is 5.75 Å². The van der Waals surface area contributed by atoms with Crippen molar-refractivity contribution in [1.82, 2.24) is 15.6 Å². The number of amides is 1. The molecule has 1 heterocycles. The van der Waals surface area contributed by atoms with Gasteiger partial charge in [-0.25, -0.2) is 5.43 Å². The van der Waals surface area contributed by atoms with Crippen molar-refractivity contribution in [1.29, 1.82) is 0 Å². The lowest BCUT2D eigenvalue weighted by Crippen LogP contribution is -2.18. The minimum atomic E-state index is -0.648. The highest BCUT2D eigenvalue weighted by Crippen LogP contribution is 2.31. The third kappa shape index (κ3) is 3.85. The quantitative estimate of drug-likeness (QED) is 0.456. The van der Waals surface area contributed by atoms with Gasteiger partial charge in [0.1, 0.15) is 5.75 Å². The first-order valence-corrected chi connectivity index (χ1v) is 6.90. The van der Waals surface area contributed by atoms with Crippen LogP contribution in [0, 0.1) is 17.0 Å². The smallest absolute Gasteiger partial charge is 0.291 e. The van der Waals surface area contributed by atoms with Gasteiger partial charge in [-0.3, -0.25) is 20.0 Å². The summed E-state index contributed by atoms with van der Waals surface area (Å²) in [6, 6.07) is 3.62. The number of hydrogen-bond donors (Lipinski definition) is 2. The first-order chi connectivity index (χ1) is 11.4. The van der Waals surface area contributed by atoms with Crippen molar-refractivity contribution < 1.29 is 19.6 Å². The molecule has 0 aliphatic rings. The van der Waals surface area contributed by atoms with Gasteiger partial charge in [-0.15, -0.1) is 0 Å². The van der Waals surface area contributed by atoms with Gasteiger partial charge in [0, 0.05) is 11.8 Å². The first kappa shape index (κ1) is 16.9. The van der Waals surface area contributed by atoms with Crippen molar-refractivity contribution in [2.75, 3.05) is 6.61 Å². The summed E-state index contributed by atoms with van der Waals surface area (Å²) in [6.45, 7) is 3.56. The lowest BCUT2D eigenvalue weighted by atomic mass is 10.1. The molecule has 0 atom stereocenters. The second kappa shape index (κ2) is 7.22. The van der Waals surface area contributed by atoms with E-state index in [1.54, 1.807) is 13.8 Å². The molecule has 0 aliphatic carbocycles. The van der Waals surface area contributed by atoms with Gasteiger partial charge in [0.25, 0.3) is 11.6 Å². The van der Waals surface area contributed by atoms with Crippen molar-refractivity contribution in [2.24, 2.45) is 5.10 Å². The Labute approximate surface area is 136 Å². The molecule has 1 aromatic carbocycles. The first-order valence-electron chi connectivity index (χ1n) is 6.90. The molecule has 10 heteroatoms. The molecular formula is C14H14N5O5-. The van der Waals surface area contributed by atoms with Crippen LogP contribution < -0.4 is 15.3 Å². The summed E-state index contributed by atoms with van der Waals surface area (Å²) in [5.41, 5.74) is 2.62. The molecule has 1 amide bonds. The van der Waals surface area contributed by atoms with Crippen LogP contribution in [0.15, 0.2) is 23.3 Å². The number of aromatic amines is 1. The van der Waals surface area contributed by atoms with Crippen molar-refractivity contribution in [2.45, 2.75) is 13.8 Å². The molecule has 24 heavy (non-hydrogen) atoms. The average molecular weight is 332 g/mol. The standard InChI is InChI=1S/C14H15N5O5/c1-3-24-12-6-10(19(22)23)5-9(13(12)20)7-15-18-14(21)11-4-8(2)16-17-11/h4-7,20H,3H2,1-2H3,(H,16,17)(H,18,21)/p-1/b15-7-. The summed E-state index contributed by atoms with van der Waals surface area (Å²) in [7, 11) is 0. The molecule has 0 radical (unpaired) electrons. The maximum atomic E-state index is 12.1. The number of nitrogens with zero attached hydrogens (tertiary/aromatic N) is 3. The van der Waals surface area contributed by atoms with E-state index in [1.807, 2.05) is 0 Å². The minimum Gasteiger partial charge on any atom is -0.870 e. The molecule has 2 rings (SSSR count). The van der Waals surface area contributed by atoms with Gasteiger partial charge in [0.2, 0.25) is 0 Å². The topological polar surface area (TPSA) is 146 Å². The second-order valence-corrected chi connectivity index (χ2v) is 4.69. The summed E-state index contributed by atoms with van der Waals surface area (Å²) in [5, 5.41) is 33.0. The van der Waals surface area contributed by atoms with Crippen molar-refractivity contribution in [3.63, 3.8) is 0 Å². The van der Waals surface area contributed by atoms with E-state index in [9.17, 15) is 20.0 Å². The molecule has 0 unspecified atom stereocenters. The molecule has 10 nitrogen and oxygen atoms in total. The fraction of sp³-hybridized carbons (Fsp3) is 0.214. The number of non-ortho nitro benzene ring substituents is 1. The van der Waals surface area contributed by atoms with E-state index in [-0.39, 0.29) is 29.3 Å². The van der Waals surface area contributed by atoms with Crippen LogP contribution in [0.1, 0.15) is 28.7 Å². The van der Waals surface area contributed by atoms with Gasteiger partial charge >= 0.3 is 0 Å². The predicted molar refractivity (Wildman–Crippen MR) is 82.1 cm³/mol. The van der Waals surface area contributed by atoms with Gasteiger partial charge in [-0.2, -0.15) is 10.2 Å². The van der Waals surface area contributed by atoms with Crippen molar-refractivity contribution in [3.8, 4) is 11.5 Å². The Kier molecular flexibility index (Phi) is 5.09. The van der Waals surface area contributed by atoms with E-state index in [2.05, 4.69) is 20.7 Å². The van der Waals surface area contributed by atoms with Crippen LogP contribution in [-0.2, 0) is 0 Å². The number of nitro groups is 1. The maximum Gasteiger partial charge on any atom is 0.291 e. The summed E-state index contributed by atoms with van der Waals surface area (Å²) >= 11 is 0. The second-order valence-electron chi connectivity index (χ2n) is 4.69. The largest absolute Gasteiger partial charge is 0.870 e. The number of rotatable bonds is 6. The normalized spacial score (nSPS) is 10.8. The minimum absolute atomic E-state index is 0.0776. The highest BCUT2D eigenvalue weighted by atomic mass is 16.6. The Morgan fingerprint density at radius 1 is 1.50 bits per heavy atom. The molecule has 0 aliphatic heterocycles. The summed E-state index contributed by atoms with van der Waals surface area (Å²) in [5.74, 6) is -1.29. The van der Waals surface area contributed by atoms with Gasteiger partial charge < -0.3 is 9.84 Å². The summed E-state index contributed by atoms with van der Waals surface area (Å²) in [6.07, 6.45) is 1.02. The molecule has 0 saturated carbocycles. The van der Waals surface area contributed by atoms with E-state index >= 15 is 0 Å². The zero-order valence-corrected chi connectivity index (χ0v) is 12.9. The fourth-order valence-electron chi connectivity index (χ4n) is 1.82. The molecule has 0 bridgehead atoms. The van der Waals surface area contributed by atoms with Crippen LogP contribution in [0.25, 0.3) is 0 Å². The van der Waals surface area contributed by atoms with E-state index < -0.39 is 16.6 Å². The molecule has 126 valence electrons. The number of hydrogen-bond acceptors (Lipinski definition) is 7. The number of nitro benzene ring substituents is 1. The Morgan fingerprint density at radius 2 is 2.25 bits per heavy atom. The molecule has 0 spiro atoms. The monoisotopic (exact) mass is 332 g/mol. The number of benzene rings is 1. The van der Waals surface area contributed by atoms with Gasteiger partial charge in [0.05, 0.1) is 23.8 Å². The highest BCUT2D eigenvalue weighted by molar-refractivity contribution is 5.93. The van der Waals surface area contributed by atoms with E-state index in [0.717, 1.165) is 18.3 Å². The van der Waals surface area contributed by atoms with Crippen LogP contribution >= 0.6 is 0 Å². The third-order valence-corrected chi connectivity index (χ3v) is 2.89. The number of nitrogens with one attached hydrogen (secondary N) is 2. The van der Waals surface area contributed by atoms with Crippen molar-refractivity contribution >= 4 is 17.8 Å². The fourth-order valence-corrected chi connectivity index (χ4v) is 1.82. The summed E-state index contributed by atoms with van der Waals surface area (Å²) in [4.78, 5) is 22.0. The van der Waals surface area contributed by atoms with Crippen LogP contribution in [0.4, 0.5) is 5.69 Å². The van der Waals surface area contributed by atoms with E-state index in [0.29, 0.717) is 5.69 Å². The molecular weight excluding hydrogens is 318 g/mol. The van der Waals surface area contributed by atoms with Gasteiger partial charge in [0.15, 0.2) is 5.69 Å². The molecule has 0 saturated heterocycles. The number of H-pyrrole nitrogens is 1. The summed E-state index contributed by atoms with van der Waals surface area (Å²) < 4.78 is 5.09. The number of carbonyl (C=O) groups excluding carboxylic acids is 1. The average Bonchev–Trinajstić information content (AvgIpc) is 2.97. The Balaban J connectivity index is 2.21. The van der Waals surface area contributed by atoms with Crippen molar-refractivity contribution in [3.05, 3.63) is 45.3 Å². The molecule has 0 fully saturated rings. The number of ether oxygens (including phenoxy) is 1. The zero-order chi connectivity index (χ0) is 17.7. The lowest BCUT2D eigenvalue weighted by molar-refractivity contribution is -0.385. The number of aromatic nitrogens is 2. The van der Waals surface area contributed by atoms with Crippen LogP contribution in [-0.4, -0.2) is 33.8 Å². The van der Waals surface area contributed by atoms with E-state index in [1.165, 1.54) is 6.07 Å². The van der Waals surface area contributed by atoms with Crippen LogP contribution in [0.5, 0.6) is 11.5 Å². The molecule has 2 aromatic rings. The van der Waals surface area contributed by atoms with Crippen LogP contribution in [0.3, 0.4) is 0 Å². The Hall–Kier alpha value is -3.43. The number of carbonyl (C=O) groups is 1. The van der Waals surface area contributed by atoms with Gasteiger partial charge in [-0.05, 0) is 25.5 Å². The molecule has 1 aromatic heterocycles. The van der Waals surface area contributed by atoms with E-state index in [4.69, 9.17) is 4.74 Å². The Morgan fingerprint density at radius 3 is 2.83 bits per heavy atom. The lowest BCUT2D eigenvalue weighted by Gasteiger charge is -2.16. The third-order valence-electron chi connectivity index (χ3n) is 2.89. The van der Waals surface area contributed by atoms with Crippen LogP contribution in [0.2, 0.25) is 0 Å². The number of aryl methyl sites for hydroxylation is 1. The number of hydrazone groups is 1. The SMILES string of the molecule is CCOc1cc([N+](=O)[O-])cc(/C=N\NC(=O)c2cc(C)[nH]n2)c1[O-]. The Bertz CT molecular complexity index is 799. The highest BCUT2D eigenvalue weighted by Gasteiger charge is 2.12. The predicted octanol–water partition coefficient (Wildman–Crippen LogP) is 0.863. The molecule has 2 N–H and O–H groups in total. The maximum absolute atomic E-state index is 12.1.